The number of fused-ring (bicyclic) bond motifs is 3. The molecule has 3 rings (SSSR count). The number of hydrogen-bond donors (Lipinski definition) is 3. The average Bonchev–Trinajstić information content (AvgIpc) is 3.09. The number of hydrogen-bond acceptors (Lipinski definition) is 4. The molecule has 2 amide bonds. The zero-order valence-corrected chi connectivity index (χ0v) is 18.7. The normalized spacial score (nSPS) is 13.6. The Morgan fingerprint density at radius 3 is 2.12 bits per heavy atom. The van der Waals surface area contributed by atoms with E-state index in [1.165, 1.54) is 0 Å². The van der Waals surface area contributed by atoms with Crippen molar-refractivity contribution in [3.8, 4) is 11.1 Å². The summed E-state index contributed by atoms with van der Waals surface area (Å²) in [5.74, 6) is -1.32. The minimum Gasteiger partial charge on any atom is -0.481 e. The standard InChI is InChI=1S/C25H30N2O5/c1-4-16(13-22(28)29)27-23(30)25(2,3)15-26-24(31)32-14-21-19-11-7-5-9-17(19)18-10-6-8-12-20(18)21/h5-12,16,21H,4,13-15H2,1-3H3,(H,26,31)(H,27,30)(H,28,29)/t16-/m1/s1. The second kappa shape index (κ2) is 9.85. The van der Waals surface area contributed by atoms with Crippen molar-refractivity contribution in [2.75, 3.05) is 13.2 Å². The maximum absolute atomic E-state index is 12.6. The zero-order chi connectivity index (χ0) is 23.3. The quantitative estimate of drug-likeness (QED) is 0.550. The van der Waals surface area contributed by atoms with Crippen LogP contribution in [0.5, 0.6) is 0 Å². The van der Waals surface area contributed by atoms with Gasteiger partial charge in [0.15, 0.2) is 0 Å². The van der Waals surface area contributed by atoms with Crippen LogP contribution < -0.4 is 10.6 Å². The number of nitrogens with one attached hydrogen (secondary N) is 2. The topological polar surface area (TPSA) is 105 Å². The van der Waals surface area contributed by atoms with Gasteiger partial charge in [0.05, 0.1) is 11.8 Å². The molecule has 0 saturated carbocycles. The smallest absolute Gasteiger partial charge is 0.407 e. The van der Waals surface area contributed by atoms with Crippen LogP contribution in [0.1, 0.15) is 50.7 Å². The molecule has 0 heterocycles. The van der Waals surface area contributed by atoms with Gasteiger partial charge >= 0.3 is 12.1 Å². The van der Waals surface area contributed by atoms with E-state index < -0.39 is 23.5 Å². The average molecular weight is 439 g/mol. The van der Waals surface area contributed by atoms with Crippen LogP contribution in [0.15, 0.2) is 48.5 Å². The van der Waals surface area contributed by atoms with E-state index >= 15 is 0 Å². The second-order valence-electron chi connectivity index (χ2n) is 8.74. The van der Waals surface area contributed by atoms with Gasteiger partial charge in [-0.05, 0) is 42.5 Å². The number of carbonyl (C=O) groups is 3. The van der Waals surface area contributed by atoms with Gasteiger partial charge in [-0.2, -0.15) is 0 Å². The lowest BCUT2D eigenvalue weighted by molar-refractivity contribution is -0.138. The van der Waals surface area contributed by atoms with Crippen LogP contribution in [0.3, 0.4) is 0 Å². The molecule has 0 aliphatic heterocycles. The first-order chi connectivity index (χ1) is 15.2. The molecule has 1 aliphatic carbocycles. The highest BCUT2D eigenvalue weighted by atomic mass is 16.5. The SMILES string of the molecule is CC[C@H](CC(=O)O)NC(=O)C(C)(C)CNC(=O)OCC1c2ccccc2-c2ccccc21. The van der Waals surface area contributed by atoms with Gasteiger partial charge in [0.1, 0.15) is 6.61 Å². The van der Waals surface area contributed by atoms with Crippen molar-refractivity contribution in [2.45, 2.75) is 45.6 Å². The third kappa shape index (κ3) is 5.28. The summed E-state index contributed by atoms with van der Waals surface area (Å²) in [6, 6.07) is 15.8. The Labute approximate surface area is 188 Å². The summed E-state index contributed by atoms with van der Waals surface area (Å²) in [4.78, 5) is 35.9. The molecule has 7 nitrogen and oxygen atoms in total. The molecule has 0 fully saturated rings. The Hall–Kier alpha value is -3.35. The van der Waals surface area contributed by atoms with E-state index in [9.17, 15) is 14.4 Å². The van der Waals surface area contributed by atoms with Gasteiger partial charge in [0, 0.05) is 18.5 Å². The number of amides is 2. The Morgan fingerprint density at radius 2 is 1.59 bits per heavy atom. The first-order valence-corrected chi connectivity index (χ1v) is 10.8. The number of carboxylic acid groups (broad SMARTS) is 1. The van der Waals surface area contributed by atoms with Gasteiger partial charge in [0.25, 0.3) is 0 Å². The van der Waals surface area contributed by atoms with Gasteiger partial charge in [-0.25, -0.2) is 4.79 Å². The van der Waals surface area contributed by atoms with Crippen molar-refractivity contribution < 1.29 is 24.2 Å². The Morgan fingerprint density at radius 1 is 1.03 bits per heavy atom. The van der Waals surface area contributed by atoms with Crippen molar-refractivity contribution in [3.05, 3.63) is 59.7 Å². The van der Waals surface area contributed by atoms with Crippen LogP contribution in [-0.2, 0) is 14.3 Å². The molecule has 0 spiro atoms. The van der Waals surface area contributed by atoms with Gasteiger partial charge < -0.3 is 20.5 Å². The molecule has 0 radical (unpaired) electrons. The summed E-state index contributed by atoms with van der Waals surface area (Å²) in [6.07, 6.45) is -0.225. The lowest BCUT2D eigenvalue weighted by atomic mass is 9.91. The molecule has 0 unspecified atom stereocenters. The van der Waals surface area contributed by atoms with Crippen molar-refractivity contribution in [2.24, 2.45) is 5.41 Å². The van der Waals surface area contributed by atoms with Gasteiger partial charge in [-0.1, -0.05) is 55.5 Å². The molecule has 32 heavy (non-hydrogen) atoms. The molecule has 1 atom stereocenters. The minimum absolute atomic E-state index is 0.0363. The van der Waals surface area contributed by atoms with Crippen molar-refractivity contribution in [3.63, 3.8) is 0 Å². The molecule has 0 aromatic heterocycles. The molecular weight excluding hydrogens is 408 g/mol. The third-order valence-corrected chi connectivity index (χ3v) is 5.88. The molecule has 2 aromatic carbocycles. The lowest BCUT2D eigenvalue weighted by Gasteiger charge is -2.26. The number of aliphatic carboxylic acids is 1. The summed E-state index contributed by atoms with van der Waals surface area (Å²) >= 11 is 0. The summed E-state index contributed by atoms with van der Waals surface area (Å²) in [5.41, 5.74) is 3.65. The maximum atomic E-state index is 12.6. The lowest BCUT2D eigenvalue weighted by Crippen LogP contribution is -2.48. The highest BCUT2D eigenvalue weighted by Gasteiger charge is 2.32. The largest absolute Gasteiger partial charge is 0.481 e. The van der Waals surface area contributed by atoms with Gasteiger partial charge in [-0.15, -0.1) is 0 Å². The first kappa shape index (κ1) is 23.3. The highest BCUT2D eigenvalue weighted by molar-refractivity contribution is 5.83. The first-order valence-electron chi connectivity index (χ1n) is 10.8. The molecule has 2 aromatic rings. The van der Waals surface area contributed by atoms with E-state index in [1.54, 1.807) is 13.8 Å². The summed E-state index contributed by atoms with van der Waals surface area (Å²) in [6.45, 7) is 5.47. The molecule has 1 aliphatic rings. The minimum atomic E-state index is -0.966. The zero-order valence-electron chi connectivity index (χ0n) is 18.7. The van der Waals surface area contributed by atoms with E-state index in [2.05, 4.69) is 34.9 Å². The maximum Gasteiger partial charge on any atom is 0.407 e. The second-order valence-corrected chi connectivity index (χ2v) is 8.74. The number of alkyl carbamates (subject to hydrolysis) is 1. The number of benzene rings is 2. The van der Waals surface area contributed by atoms with E-state index in [4.69, 9.17) is 9.84 Å². The van der Waals surface area contributed by atoms with Crippen molar-refractivity contribution in [1.82, 2.24) is 10.6 Å². The Balaban J connectivity index is 1.55. The van der Waals surface area contributed by atoms with Crippen LogP contribution in [0, 0.1) is 5.41 Å². The molecule has 0 bridgehead atoms. The highest BCUT2D eigenvalue weighted by Crippen LogP contribution is 2.44. The number of carbonyl (C=O) groups excluding carboxylic acids is 2. The van der Waals surface area contributed by atoms with Crippen LogP contribution in [-0.4, -0.2) is 42.3 Å². The summed E-state index contributed by atoms with van der Waals surface area (Å²) < 4.78 is 5.51. The number of ether oxygens (including phenoxy) is 1. The van der Waals surface area contributed by atoms with Crippen molar-refractivity contribution in [1.29, 1.82) is 0 Å². The van der Waals surface area contributed by atoms with E-state index in [0.717, 1.165) is 22.3 Å². The Kier molecular flexibility index (Phi) is 7.18. The molecule has 3 N–H and O–H groups in total. The predicted molar refractivity (Wildman–Crippen MR) is 121 cm³/mol. The number of rotatable bonds is 9. The van der Waals surface area contributed by atoms with Crippen LogP contribution in [0.4, 0.5) is 4.79 Å². The van der Waals surface area contributed by atoms with E-state index in [0.29, 0.717) is 6.42 Å². The molecule has 7 heteroatoms. The Bertz CT molecular complexity index is 956. The van der Waals surface area contributed by atoms with E-state index in [1.807, 2.05) is 31.2 Å². The summed E-state index contributed by atoms with van der Waals surface area (Å²) in [5, 5.41) is 14.4. The molecular formula is C25H30N2O5. The fourth-order valence-corrected chi connectivity index (χ4v) is 3.91. The number of carboxylic acids is 1. The van der Waals surface area contributed by atoms with Gasteiger partial charge in [0.2, 0.25) is 5.91 Å². The van der Waals surface area contributed by atoms with E-state index in [-0.39, 0.29) is 31.4 Å². The van der Waals surface area contributed by atoms with Crippen LogP contribution in [0.25, 0.3) is 11.1 Å². The fraction of sp³-hybridized carbons (Fsp3) is 0.400. The monoisotopic (exact) mass is 438 g/mol. The van der Waals surface area contributed by atoms with Crippen LogP contribution in [0.2, 0.25) is 0 Å². The molecule has 170 valence electrons. The predicted octanol–water partition coefficient (Wildman–Crippen LogP) is 3.92. The summed E-state index contributed by atoms with van der Waals surface area (Å²) in [7, 11) is 0. The van der Waals surface area contributed by atoms with Crippen LogP contribution >= 0.6 is 0 Å². The molecule has 0 saturated heterocycles. The van der Waals surface area contributed by atoms with Gasteiger partial charge in [-0.3, -0.25) is 9.59 Å². The fourth-order valence-electron chi connectivity index (χ4n) is 3.91. The van der Waals surface area contributed by atoms with Crippen molar-refractivity contribution >= 4 is 18.0 Å². The third-order valence-electron chi connectivity index (χ3n) is 5.88.